The molecule has 26 heavy (non-hydrogen) atoms. The zero-order valence-electron chi connectivity index (χ0n) is 14.0. The fourth-order valence-electron chi connectivity index (χ4n) is 3.05. The third-order valence-electron chi connectivity index (χ3n) is 4.30. The van der Waals surface area contributed by atoms with Crippen LogP contribution in [-0.4, -0.2) is 23.3 Å². The Hall–Kier alpha value is -2.51. The molecular formula is C19H17N3O2S2. The minimum absolute atomic E-state index is 0.0400. The molecule has 1 N–H and O–H groups in total. The lowest BCUT2D eigenvalue weighted by Crippen LogP contribution is -2.36. The van der Waals surface area contributed by atoms with Gasteiger partial charge in [-0.25, -0.2) is 4.98 Å². The van der Waals surface area contributed by atoms with Crippen LogP contribution in [0.15, 0.2) is 46.5 Å². The van der Waals surface area contributed by atoms with Crippen LogP contribution < -0.4 is 10.2 Å². The van der Waals surface area contributed by atoms with Gasteiger partial charge in [0, 0.05) is 23.0 Å². The van der Waals surface area contributed by atoms with Gasteiger partial charge < -0.3 is 4.90 Å². The molecule has 2 aromatic heterocycles. The summed E-state index contributed by atoms with van der Waals surface area (Å²) in [6, 6.07) is 9.82. The largest absolute Gasteiger partial charge is 0.312 e. The van der Waals surface area contributed by atoms with Crippen molar-refractivity contribution in [1.29, 1.82) is 0 Å². The predicted molar refractivity (Wildman–Crippen MR) is 105 cm³/mol. The molecule has 0 spiro atoms. The molecule has 1 aromatic carbocycles. The number of hydrogen-bond acceptors (Lipinski definition) is 5. The molecule has 2 amide bonds. The Morgan fingerprint density at radius 2 is 2.08 bits per heavy atom. The average molecular weight is 383 g/mol. The highest BCUT2D eigenvalue weighted by atomic mass is 32.1. The van der Waals surface area contributed by atoms with E-state index in [0.29, 0.717) is 16.4 Å². The molecule has 7 heteroatoms. The fourth-order valence-corrected chi connectivity index (χ4v) is 4.39. The van der Waals surface area contributed by atoms with Crippen molar-refractivity contribution in [2.75, 3.05) is 16.8 Å². The van der Waals surface area contributed by atoms with Crippen molar-refractivity contribution in [2.45, 2.75) is 19.3 Å². The highest BCUT2D eigenvalue weighted by Crippen LogP contribution is 2.27. The number of anilines is 2. The maximum atomic E-state index is 12.8. The maximum absolute atomic E-state index is 12.8. The van der Waals surface area contributed by atoms with Crippen LogP contribution in [-0.2, 0) is 17.6 Å². The summed E-state index contributed by atoms with van der Waals surface area (Å²) in [4.78, 5) is 31.1. The van der Waals surface area contributed by atoms with E-state index in [1.165, 1.54) is 28.2 Å². The number of aryl methyl sites for hydroxylation is 1. The van der Waals surface area contributed by atoms with E-state index in [9.17, 15) is 9.59 Å². The summed E-state index contributed by atoms with van der Waals surface area (Å²) in [5, 5.41) is 8.78. The lowest BCUT2D eigenvalue weighted by Gasteiger charge is -2.29. The second kappa shape index (κ2) is 7.39. The molecule has 4 rings (SSSR count). The molecule has 3 aromatic rings. The fraction of sp³-hybridized carbons (Fsp3) is 0.211. The van der Waals surface area contributed by atoms with Gasteiger partial charge in [0.1, 0.15) is 0 Å². The molecule has 0 radical (unpaired) electrons. The van der Waals surface area contributed by atoms with Crippen molar-refractivity contribution in [2.24, 2.45) is 0 Å². The molecule has 0 saturated heterocycles. The first-order valence-corrected chi connectivity index (χ1v) is 10.2. The van der Waals surface area contributed by atoms with Crippen LogP contribution >= 0.6 is 22.7 Å². The maximum Gasteiger partial charge on any atom is 0.258 e. The van der Waals surface area contributed by atoms with Crippen LogP contribution in [0.1, 0.15) is 28.0 Å². The Morgan fingerprint density at radius 1 is 1.19 bits per heavy atom. The van der Waals surface area contributed by atoms with E-state index in [1.807, 2.05) is 33.9 Å². The van der Waals surface area contributed by atoms with Crippen molar-refractivity contribution < 1.29 is 9.59 Å². The second-order valence-corrected chi connectivity index (χ2v) is 7.70. The van der Waals surface area contributed by atoms with Crippen molar-refractivity contribution >= 4 is 45.3 Å². The van der Waals surface area contributed by atoms with Gasteiger partial charge in [0.05, 0.1) is 17.7 Å². The Balaban J connectivity index is 1.43. The first-order chi connectivity index (χ1) is 12.7. The molecule has 0 bridgehead atoms. The third kappa shape index (κ3) is 3.54. The van der Waals surface area contributed by atoms with Crippen LogP contribution in [0, 0.1) is 0 Å². The van der Waals surface area contributed by atoms with E-state index in [0.717, 1.165) is 25.1 Å². The van der Waals surface area contributed by atoms with Gasteiger partial charge in [-0.3, -0.25) is 14.9 Å². The molecular weight excluding hydrogens is 366 g/mol. The van der Waals surface area contributed by atoms with Gasteiger partial charge in [-0.05, 0) is 35.9 Å². The summed E-state index contributed by atoms with van der Waals surface area (Å²) in [7, 11) is 0. The first-order valence-electron chi connectivity index (χ1n) is 8.37. The summed E-state index contributed by atoms with van der Waals surface area (Å²) in [5.41, 5.74) is 3.52. The Kier molecular flexibility index (Phi) is 4.81. The van der Waals surface area contributed by atoms with Crippen LogP contribution in [0.2, 0.25) is 0 Å². The lowest BCUT2D eigenvalue weighted by molar-refractivity contribution is -0.118. The van der Waals surface area contributed by atoms with Gasteiger partial charge in [0.15, 0.2) is 5.13 Å². The summed E-state index contributed by atoms with van der Waals surface area (Å²) in [6.45, 7) is 0.738. The van der Waals surface area contributed by atoms with Crippen molar-refractivity contribution in [3.05, 3.63) is 63.3 Å². The number of rotatable bonds is 4. The average Bonchev–Trinajstić information content (AvgIpc) is 3.33. The Labute approximate surface area is 159 Å². The van der Waals surface area contributed by atoms with E-state index in [-0.39, 0.29) is 18.2 Å². The number of aromatic nitrogens is 1. The van der Waals surface area contributed by atoms with Gasteiger partial charge in [-0.1, -0.05) is 18.2 Å². The molecule has 1 aliphatic heterocycles. The van der Waals surface area contributed by atoms with E-state index in [1.54, 1.807) is 11.4 Å². The number of benzene rings is 1. The van der Waals surface area contributed by atoms with Crippen molar-refractivity contribution in [3.8, 4) is 0 Å². The highest BCUT2D eigenvalue weighted by Gasteiger charge is 2.23. The molecule has 5 nitrogen and oxygen atoms in total. The molecule has 3 heterocycles. The number of carbonyl (C=O) groups is 2. The number of carbonyl (C=O) groups excluding carboxylic acids is 2. The highest BCUT2D eigenvalue weighted by molar-refractivity contribution is 7.14. The number of nitrogens with one attached hydrogen (secondary N) is 1. The molecule has 0 atom stereocenters. The predicted octanol–water partition coefficient (Wildman–Crippen LogP) is 3.98. The first kappa shape index (κ1) is 16.9. The summed E-state index contributed by atoms with van der Waals surface area (Å²) in [5.74, 6) is -0.137. The minimum atomic E-state index is -0.177. The zero-order chi connectivity index (χ0) is 17.9. The van der Waals surface area contributed by atoms with Gasteiger partial charge in [0.25, 0.3) is 5.91 Å². The van der Waals surface area contributed by atoms with E-state index < -0.39 is 0 Å². The number of thiophene rings is 1. The van der Waals surface area contributed by atoms with Crippen molar-refractivity contribution in [3.63, 3.8) is 0 Å². The van der Waals surface area contributed by atoms with Crippen LogP contribution in [0.4, 0.5) is 10.8 Å². The number of para-hydroxylation sites is 1. The van der Waals surface area contributed by atoms with Crippen LogP contribution in [0.3, 0.4) is 0 Å². The minimum Gasteiger partial charge on any atom is -0.312 e. The number of fused-ring (bicyclic) bond motifs is 1. The van der Waals surface area contributed by atoms with E-state index >= 15 is 0 Å². The van der Waals surface area contributed by atoms with Crippen LogP contribution in [0.25, 0.3) is 0 Å². The molecule has 0 unspecified atom stereocenters. The Bertz CT molecular complexity index is 934. The summed E-state index contributed by atoms with van der Waals surface area (Å²) < 4.78 is 0. The van der Waals surface area contributed by atoms with Gasteiger partial charge in [0.2, 0.25) is 5.91 Å². The van der Waals surface area contributed by atoms with Crippen LogP contribution in [0.5, 0.6) is 0 Å². The van der Waals surface area contributed by atoms with Gasteiger partial charge in [-0.2, -0.15) is 11.3 Å². The van der Waals surface area contributed by atoms with Crippen molar-refractivity contribution in [1.82, 2.24) is 4.98 Å². The monoisotopic (exact) mass is 383 g/mol. The summed E-state index contributed by atoms with van der Waals surface area (Å²) >= 11 is 2.81. The smallest absolute Gasteiger partial charge is 0.258 e. The molecule has 1 aliphatic rings. The SMILES string of the molecule is O=C(Nc1nc(CC(=O)N2CCCc3ccccc32)cs1)c1ccsc1. The lowest BCUT2D eigenvalue weighted by atomic mass is 10.0. The number of nitrogens with zero attached hydrogens (tertiary/aromatic N) is 2. The molecule has 0 saturated carbocycles. The molecule has 132 valence electrons. The zero-order valence-corrected chi connectivity index (χ0v) is 15.6. The number of amides is 2. The number of hydrogen-bond donors (Lipinski definition) is 1. The van der Waals surface area contributed by atoms with Gasteiger partial charge >= 0.3 is 0 Å². The second-order valence-electron chi connectivity index (χ2n) is 6.06. The summed E-state index contributed by atoms with van der Waals surface area (Å²) in [6.07, 6.45) is 2.22. The number of thiazole rings is 1. The quantitative estimate of drug-likeness (QED) is 0.741. The van der Waals surface area contributed by atoms with E-state index in [4.69, 9.17) is 0 Å². The normalized spacial score (nSPS) is 13.3. The topological polar surface area (TPSA) is 62.3 Å². The third-order valence-corrected chi connectivity index (χ3v) is 5.79. The Morgan fingerprint density at radius 3 is 2.92 bits per heavy atom. The standard InChI is InChI=1S/C19H17N3O2S2/c23-17(22-8-3-5-13-4-1-2-6-16(13)22)10-15-12-26-19(20-15)21-18(24)14-7-9-25-11-14/h1-2,4,6-7,9,11-12H,3,5,8,10H2,(H,20,21,24). The van der Waals surface area contributed by atoms with Gasteiger partial charge in [-0.15, -0.1) is 11.3 Å². The molecule has 0 aliphatic carbocycles. The molecule has 0 fully saturated rings. The van der Waals surface area contributed by atoms with E-state index in [2.05, 4.69) is 16.4 Å².